The van der Waals surface area contributed by atoms with Crippen molar-refractivity contribution in [1.82, 2.24) is 0 Å². The molecule has 1 aromatic rings. The van der Waals surface area contributed by atoms with E-state index in [1.165, 1.54) is 5.56 Å². The molecule has 3 heteroatoms. The molecule has 0 fully saturated rings. The van der Waals surface area contributed by atoms with Gasteiger partial charge in [0.15, 0.2) is 5.78 Å². The second-order valence-corrected chi connectivity index (χ2v) is 5.93. The highest BCUT2D eigenvalue weighted by Crippen LogP contribution is 2.26. The molecule has 0 spiro atoms. The fourth-order valence-electron chi connectivity index (χ4n) is 3.21. The molecule has 0 radical (unpaired) electrons. The van der Waals surface area contributed by atoms with Crippen molar-refractivity contribution in [3.05, 3.63) is 29.3 Å². The summed E-state index contributed by atoms with van der Waals surface area (Å²) in [5, 5.41) is 0. The van der Waals surface area contributed by atoms with E-state index in [0.29, 0.717) is 5.78 Å². The van der Waals surface area contributed by atoms with Crippen LogP contribution in [0, 0.1) is 5.92 Å². The van der Waals surface area contributed by atoms with Gasteiger partial charge in [0, 0.05) is 11.6 Å². The first-order valence-electron chi connectivity index (χ1n) is 8.42. The minimum Gasteiger partial charge on any atom is -0.496 e. The number of ketones is 1. The minimum atomic E-state index is -0.132. The molecule has 0 amide bonds. The van der Waals surface area contributed by atoms with Crippen molar-refractivity contribution in [2.45, 2.75) is 58.9 Å². The van der Waals surface area contributed by atoms with E-state index in [9.17, 15) is 4.79 Å². The fraction of sp³-hybridized carbons (Fsp3) is 0.579. The summed E-state index contributed by atoms with van der Waals surface area (Å²) in [5.41, 5.74) is 3.40. The van der Waals surface area contributed by atoms with Crippen LogP contribution < -0.4 is 4.74 Å². The molecule has 1 unspecified atom stereocenters. The number of methoxy groups -OCH3 is 1. The molecular weight excluding hydrogens is 274 g/mol. The maximum absolute atomic E-state index is 12.5. The standard InChI is InChI=1S/C19H27NO2/c1-5-13(6-2)19(21)17-10-9-16(20-17)15-8-11-18(22-4)14(7-3)12-15/h8,11-13,17H,5-7,9-10H2,1-4H3. The fourth-order valence-corrected chi connectivity index (χ4v) is 3.21. The highest BCUT2D eigenvalue weighted by atomic mass is 16.5. The Morgan fingerprint density at radius 2 is 2.05 bits per heavy atom. The Kier molecular flexibility index (Phi) is 5.76. The lowest BCUT2D eigenvalue weighted by atomic mass is 9.92. The third-order valence-electron chi connectivity index (χ3n) is 4.68. The zero-order valence-corrected chi connectivity index (χ0v) is 14.2. The zero-order chi connectivity index (χ0) is 16.1. The highest BCUT2D eigenvalue weighted by molar-refractivity contribution is 6.04. The molecule has 1 aliphatic rings. The number of nitrogens with zero attached hydrogens (tertiary/aromatic N) is 1. The second kappa shape index (κ2) is 7.57. The molecule has 0 aromatic heterocycles. The van der Waals surface area contributed by atoms with Crippen molar-refractivity contribution >= 4 is 11.5 Å². The number of rotatable bonds is 7. The van der Waals surface area contributed by atoms with Crippen LogP contribution in [0.5, 0.6) is 5.75 Å². The van der Waals surface area contributed by atoms with Crippen LogP contribution in [0.3, 0.4) is 0 Å². The average molecular weight is 301 g/mol. The first-order chi connectivity index (χ1) is 10.6. The molecule has 2 rings (SSSR count). The molecule has 1 aliphatic heterocycles. The van der Waals surface area contributed by atoms with E-state index in [-0.39, 0.29) is 12.0 Å². The molecule has 3 nitrogen and oxygen atoms in total. The van der Waals surface area contributed by atoms with Gasteiger partial charge in [0.25, 0.3) is 0 Å². The lowest BCUT2D eigenvalue weighted by Crippen LogP contribution is -2.24. The number of benzene rings is 1. The second-order valence-electron chi connectivity index (χ2n) is 5.93. The molecule has 120 valence electrons. The van der Waals surface area contributed by atoms with Gasteiger partial charge >= 0.3 is 0 Å². The number of hydrogen-bond acceptors (Lipinski definition) is 3. The predicted molar refractivity (Wildman–Crippen MR) is 91.0 cm³/mol. The number of Topliss-reactive ketones (excluding diaryl/α,β-unsaturated/α-hetero) is 1. The lowest BCUT2D eigenvalue weighted by molar-refractivity contribution is -0.124. The van der Waals surface area contributed by atoms with Crippen LogP contribution >= 0.6 is 0 Å². The number of carbonyl (C=O) groups is 1. The molecule has 0 aliphatic carbocycles. The summed E-state index contributed by atoms with van der Waals surface area (Å²) < 4.78 is 5.38. The molecule has 1 heterocycles. The molecule has 0 N–H and O–H groups in total. The largest absolute Gasteiger partial charge is 0.496 e. The Balaban J connectivity index is 2.20. The van der Waals surface area contributed by atoms with E-state index in [1.807, 2.05) is 6.07 Å². The van der Waals surface area contributed by atoms with Crippen molar-refractivity contribution in [2.75, 3.05) is 7.11 Å². The van der Waals surface area contributed by atoms with Gasteiger partial charge in [0.1, 0.15) is 11.8 Å². The van der Waals surface area contributed by atoms with E-state index in [4.69, 9.17) is 9.73 Å². The summed E-state index contributed by atoms with van der Waals surface area (Å²) in [6, 6.07) is 6.09. The lowest BCUT2D eigenvalue weighted by Gasteiger charge is -2.14. The van der Waals surface area contributed by atoms with Gasteiger partial charge in [-0.05, 0) is 61.4 Å². The average Bonchev–Trinajstić information content (AvgIpc) is 3.05. The summed E-state index contributed by atoms with van der Waals surface area (Å²) in [6.07, 6.45) is 4.52. The SMILES string of the molecule is CCc1cc(C2=NC(C(=O)C(CC)CC)CC2)ccc1OC. The minimum absolute atomic E-state index is 0.132. The van der Waals surface area contributed by atoms with E-state index < -0.39 is 0 Å². The van der Waals surface area contributed by atoms with Crippen LogP contribution in [0.2, 0.25) is 0 Å². The predicted octanol–water partition coefficient (Wildman–Crippen LogP) is 4.21. The highest BCUT2D eigenvalue weighted by Gasteiger charge is 2.28. The van der Waals surface area contributed by atoms with Crippen LogP contribution in [0.4, 0.5) is 0 Å². The van der Waals surface area contributed by atoms with Crippen molar-refractivity contribution in [3.63, 3.8) is 0 Å². The summed E-state index contributed by atoms with van der Waals surface area (Å²) in [6.45, 7) is 6.29. The third kappa shape index (κ3) is 3.40. The summed E-state index contributed by atoms with van der Waals surface area (Å²) in [4.78, 5) is 17.2. The smallest absolute Gasteiger partial charge is 0.160 e. The van der Waals surface area contributed by atoms with Gasteiger partial charge in [0.2, 0.25) is 0 Å². The molecular formula is C19H27NO2. The Morgan fingerprint density at radius 1 is 1.32 bits per heavy atom. The van der Waals surface area contributed by atoms with Gasteiger partial charge in [-0.25, -0.2) is 0 Å². The van der Waals surface area contributed by atoms with Gasteiger partial charge in [0.05, 0.1) is 7.11 Å². The van der Waals surface area contributed by atoms with Gasteiger partial charge in [-0.2, -0.15) is 0 Å². The monoisotopic (exact) mass is 301 g/mol. The normalized spacial score (nSPS) is 17.7. The van der Waals surface area contributed by atoms with Gasteiger partial charge in [-0.15, -0.1) is 0 Å². The maximum Gasteiger partial charge on any atom is 0.160 e. The number of ether oxygens (including phenoxy) is 1. The Labute approximate surface area is 133 Å². The molecule has 0 bridgehead atoms. The molecule has 22 heavy (non-hydrogen) atoms. The summed E-state index contributed by atoms with van der Waals surface area (Å²) >= 11 is 0. The van der Waals surface area contributed by atoms with Gasteiger partial charge in [-0.1, -0.05) is 20.8 Å². The molecule has 0 saturated carbocycles. The zero-order valence-electron chi connectivity index (χ0n) is 14.2. The molecule has 0 saturated heterocycles. The van der Waals surface area contributed by atoms with Crippen molar-refractivity contribution < 1.29 is 9.53 Å². The van der Waals surface area contributed by atoms with Crippen molar-refractivity contribution in [2.24, 2.45) is 10.9 Å². The van der Waals surface area contributed by atoms with Crippen molar-refractivity contribution in [3.8, 4) is 5.75 Å². The van der Waals surface area contributed by atoms with Crippen LogP contribution in [0.15, 0.2) is 23.2 Å². The molecule has 1 aromatic carbocycles. The van der Waals surface area contributed by atoms with E-state index >= 15 is 0 Å². The quantitative estimate of drug-likeness (QED) is 0.756. The Hall–Kier alpha value is -1.64. The van der Waals surface area contributed by atoms with Crippen LogP contribution in [0.1, 0.15) is 57.6 Å². The first kappa shape index (κ1) is 16.7. The molecule has 1 atom stereocenters. The number of aryl methyl sites for hydroxylation is 1. The van der Waals surface area contributed by atoms with Crippen molar-refractivity contribution in [1.29, 1.82) is 0 Å². The number of carbonyl (C=O) groups excluding carboxylic acids is 1. The van der Waals surface area contributed by atoms with E-state index in [2.05, 4.69) is 32.9 Å². The van der Waals surface area contributed by atoms with Crippen LogP contribution in [-0.2, 0) is 11.2 Å². The van der Waals surface area contributed by atoms with Crippen LogP contribution in [0.25, 0.3) is 0 Å². The number of hydrogen-bond donors (Lipinski definition) is 0. The van der Waals surface area contributed by atoms with E-state index in [1.54, 1.807) is 7.11 Å². The van der Waals surface area contributed by atoms with Crippen LogP contribution in [-0.4, -0.2) is 24.6 Å². The summed E-state index contributed by atoms with van der Waals surface area (Å²) in [5.74, 6) is 1.41. The van der Waals surface area contributed by atoms with E-state index in [0.717, 1.165) is 49.1 Å². The van der Waals surface area contributed by atoms with Gasteiger partial charge in [-0.3, -0.25) is 9.79 Å². The Bertz CT molecular complexity index is 559. The van der Waals surface area contributed by atoms with Gasteiger partial charge < -0.3 is 4.74 Å². The Morgan fingerprint density at radius 3 is 2.64 bits per heavy atom. The first-order valence-corrected chi connectivity index (χ1v) is 8.42. The topological polar surface area (TPSA) is 38.7 Å². The number of aliphatic imine (C=N–C) groups is 1. The maximum atomic E-state index is 12.5. The summed E-state index contributed by atoms with van der Waals surface area (Å²) in [7, 11) is 1.70. The third-order valence-corrected chi connectivity index (χ3v) is 4.68.